The maximum absolute atomic E-state index is 6.57. The minimum Gasteiger partial charge on any atom is -0.669 e. The summed E-state index contributed by atoms with van der Waals surface area (Å²) in [5.74, 6) is 2.35. The number of hydrogen-bond donors (Lipinski definition) is 0. The van der Waals surface area contributed by atoms with E-state index in [4.69, 9.17) is 15.9 Å². The van der Waals surface area contributed by atoms with E-state index in [0.717, 1.165) is 33.8 Å². The van der Waals surface area contributed by atoms with Crippen LogP contribution in [0.4, 0.5) is 11.4 Å². The van der Waals surface area contributed by atoms with Crippen molar-refractivity contribution in [1.82, 2.24) is 9.55 Å². The Morgan fingerprint density at radius 1 is 0.780 bits per heavy atom. The molecule has 0 saturated carbocycles. The molecular weight excluding hydrogens is 985 g/mol. The zero-order valence-electron chi connectivity index (χ0n) is 27.2. The second kappa shape index (κ2) is 18.0. The summed E-state index contributed by atoms with van der Waals surface area (Å²) in [5.41, 5.74) is 4.99. The van der Waals surface area contributed by atoms with E-state index >= 15 is 0 Å². The van der Waals surface area contributed by atoms with E-state index in [1.807, 2.05) is 139 Å². The second-order valence-corrected chi connectivity index (χ2v) is 10.7. The average molecular weight is 1010 g/mol. The first-order valence-electron chi connectivity index (χ1n) is 15.0. The zero-order valence-corrected chi connectivity index (χ0v) is 31.8. The second-order valence-electron chi connectivity index (χ2n) is 10.7. The van der Waals surface area contributed by atoms with Gasteiger partial charge in [0.15, 0.2) is 7.05 Å². The monoisotopic (exact) mass is 1010 g/mol. The van der Waals surface area contributed by atoms with Crippen LogP contribution in [0.3, 0.4) is 0 Å². The van der Waals surface area contributed by atoms with Gasteiger partial charge in [-0.25, -0.2) is 18.2 Å². The van der Waals surface area contributed by atoms with Gasteiger partial charge in [0.1, 0.15) is 5.69 Å². The molecule has 0 radical (unpaired) electrons. The van der Waals surface area contributed by atoms with E-state index in [-0.39, 0.29) is 42.1 Å². The van der Waals surface area contributed by atoms with Gasteiger partial charge in [-0.2, -0.15) is 36.4 Å². The Morgan fingerprint density at radius 2 is 1.50 bits per heavy atom. The molecule has 0 fully saturated rings. The average Bonchev–Trinajstić information content (AvgIpc) is 3.81. The van der Waals surface area contributed by atoms with Crippen LogP contribution in [0.1, 0.15) is 0 Å². The first kappa shape index (κ1) is 37.6. The number of para-hydroxylation sites is 1. The van der Waals surface area contributed by atoms with Crippen molar-refractivity contribution in [2.45, 2.75) is 0 Å². The van der Waals surface area contributed by atoms with Crippen molar-refractivity contribution < 1.29 is 60.8 Å². The number of anilines is 1. The van der Waals surface area contributed by atoms with Crippen molar-refractivity contribution in [2.75, 3.05) is 26.0 Å². The minimum absolute atomic E-state index is 0. The third-order valence-electron chi connectivity index (χ3n) is 6.96. The van der Waals surface area contributed by atoms with Crippen LogP contribution in [0.5, 0.6) is 23.0 Å². The van der Waals surface area contributed by atoms with Gasteiger partial charge in [-0.3, -0.25) is 11.1 Å². The molecule has 7 nitrogen and oxygen atoms in total. The molecule has 0 bridgehead atoms. The molecular formula is C41H29N5O2Pt2+2. The smallest absolute Gasteiger partial charge is 0.669 e. The summed E-state index contributed by atoms with van der Waals surface area (Å²) in [7, 11) is 5.90. The molecule has 7 rings (SSSR count). The predicted molar refractivity (Wildman–Crippen MR) is 184 cm³/mol. The first-order chi connectivity index (χ1) is 23.4. The van der Waals surface area contributed by atoms with Crippen LogP contribution < -0.4 is 14.4 Å². The SMILES string of the molecule is CN(C)c1cc(Oc2[c-]cccc2)[c-]c(-c2[c-]cnc(-c3[c-]c(Oc4[c-]c([N+]5=C=[N+](C)C=C5)ccc4)ccc3)c2)c1.[C-]#Cn1cccc1.[Pt+2].[Pt+4]. The van der Waals surface area contributed by atoms with Crippen LogP contribution >= 0.6 is 0 Å². The van der Waals surface area contributed by atoms with Crippen molar-refractivity contribution >= 4 is 17.4 Å². The van der Waals surface area contributed by atoms with Gasteiger partial charge < -0.3 is 30.3 Å². The fraction of sp³-hybridized carbons (Fsp3) is 0.0732. The summed E-state index contributed by atoms with van der Waals surface area (Å²) >= 11 is 0. The molecule has 50 heavy (non-hydrogen) atoms. The Balaban J connectivity index is 0.000000559. The van der Waals surface area contributed by atoms with Crippen LogP contribution in [0.25, 0.3) is 22.4 Å². The van der Waals surface area contributed by atoms with Crippen LogP contribution in [0.15, 0.2) is 122 Å². The molecule has 0 atom stereocenters. The Morgan fingerprint density at radius 3 is 2.18 bits per heavy atom. The van der Waals surface area contributed by atoms with Crippen LogP contribution in [0, 0.1) is 42.8 Å². The Hall–Kier alpha value is -5.23. The molecule has 0 saturated heterocycles. The van der Waals surface area contributed by atoms with Crippen molar-refractivity contribution in [3.8, 4) is 51.4 Å². The van der Waals surface area contributed by atoms with Crippen molar-refractivity contribution in [3.63, 3.8) is 0 Å². The molecule has 6 aromatic rings. The third kappa shape index (κ3) is 9.91. The molecule has 9 heteroatoms. The number of aromatic nitrogens is 2. The molecule has 248 valence electrons. The van der Waals surface area contributed by atoms with Gasteiger partial charge >= 0.3 is 48.1 Å². The number of pyridine rings is 1. The van der Waals surface area contributed by atoms with E-state index in [1.54, 1.807) is 23.2 Å². The van der Waals surface area contributed by atoms with Gasteiger partial charge in [0, 0.05) is 49.5 Å². The Labute approximate surface area is 322 Å². The third-order valence-corrected chi connectivity index (χ3v) is 6.96. The normalized spacial score (nSPS) is 11.0. The molecule has 0 unspecified atom stereocenters. The summed E-state index contributed by atoms with van der Waals surface area (Å²) in [6, 6.07) is 50.3. The molecule has 0 aliphatic carbocycles. The molecule has 0 spiro atoms. The summed E-state index contributed by atoms with van der Waals surface area (Å²) < 4.78 is 17.4. The topological polar surface area (TPSA) is 45.5 Å². The molecule has 0 amide bonds. The number of benzene rings is 4. The fourth-order valence-electron chi connectivity index (χ4n) is 4.59. The number of hydrogen-bond acceptors (Lipinski definition) is 4. The largest absolute Gasteiger partial charge is 4.00 e. The fourth-order valence-corrected chi connectivity index (χ4v) is 4.59. The molecule has 1 aliphatic rings. The summed E-state index contributed by atoms with van der Waals surface area (Å²) in [5, 5.41) is 0. The number of rotatable bonds is 8. The van der Waals surface area contributed by atoms with E-state index in [2.05, 4.69) is 47.4 Å². The van der Waals surface area contributed by atoms with Crippen LogP contribution in [-0.4, -0.2) is 45.9 Å². The van der Waals surface area contributed by atoms with E-state index < -0.39 is 0 Å². The van der Waals surface area contributed by atoms with Gasteiger partial charge in [0.05, 0.1) is 0 Å². The Kier molecular flexibility index (Phi) is 13.5. The van der Waals surface area contributed by atoms with Crippen molar-refractivity contribution in [2.24, 2.45) is 0 Å². The number of ether oxygens (including phenoxy) is 2. The molecule has 2 aromatic heterocycles. The summed E-state index contributed by atoms with van der Waals surface area (Å²) in [6.45, 7) is 0. The van der Waals surface area contributed by atoms with Gasteiger partial charge in [-0.05, 0) is 12.1 Å². The van der Waals surface area contributed by atoms with Gasteiger partial charge in [0.2, 0.25) is 6.20 Å². The number of nitrogens with zero attached hydrogens (tertiary/aromatic N) is 5. The van der Waals surface area contributed by atoms with E-state index in [1.165, 1.54) is 0 Å². The van der Waals surface area contributed by atoms with Gasteiger partial charge in [-0.15, -0.1) is 42.0 Å². The standard InChI is InChI=1S/C35H25N4O2.C6H4N.2Pt/c1-37(2)30-19-28(21-34(24-30)40-31-11-5-4-6-12-31)26-15-16-36-35(22-26)27-9-7-13-32(20-27)41-33-14-8-10-29(23-33)39-18-17-38(3)25-39;1-2-7-5-3-4-6-7;;/h4-11,13-14,16-19,22,24H,1-3H3;3-6H;;/q-3;-1;+2;+4. The van der Waals surface area contributed by atoms with E-state index in [9.17, 15) is 0 Å². The maximum Gasteiger partial charge on any atom is 4.00 e. The van der Waals surface area contributed by atoms with Crippen molar-refractivity contribution in [3.05, 3.63) is 159 Å². The first-order valence-corrected chi connectivity index (χ1v) is 15.0. The quantitative estimate of drug-likeness (QED) is 0.0886. The molecule has 3 heterocycles. The predicted octanol–water partition coefficient (Wildman–Crippen LogP) is 7.89. The summed E-state index contributed by atoms with van der Waals surface area (Å²) in [4.78, 5) is 6.59. The van der Waals surface area contributed by atoms with Gasteiger partial charge in [0.25, 0.3) is 6.20 Å². The minimum atomic E-state index is 0. The molecule has 1 aliphatic heterocycles. The molecule has 4 aromatic carbocycles. The zero-order chi connectivity index (χ0) is 33.3. The van der Waals surface area contributed by atoms with Crippen LogP contribution in [-0.2, 0) is 42.1 Å². The maximum atomic E-state index is 6.57. The van der Waals surface area contributed by atoms with Crippen LogP contribution in [0.2, 0.25) is 0 Å². The van der Waals surface area contributed by atoms with Crippen molar-refractivity contribution in [1.29, 1.82) is 0 Å². The van der Waals surface area contributed by atoms with Gasteiger partial charge in [-0.1, -0.05) is 51.0 Å². The molecule has 0 N–H and O–H groups in total. The summed E-state index contributed by atoms with van der Waals surface area (Å²) in [6.07, 6.45) is 15.6. The Bertz CT molecular complexity index is 2180. The van der Waals surface area contributed by atoms with E-state index in [0.29, 0.717) is 23.0 Å².